The van der Waals surface area contributed by atoms with E-state index in [0.29, 0.717) is 13.2 Å². The van der Waals surface area contributed by atoms with Crippen LogP contribution in [0.25, 0.3) is 11.1 Å². The van der Waals surface area contributed by atoms with E-state index in [1.165, 1.54) is 27.8 Å². The van der Waals surface area contributed by atoms with Crippen molar-refractivity contribution in [3.05, 3.63) is 59.2 Å². The van der Waals surface area contributed by atoms with E-state index in [0.717, 1.165) is 44.9 Å². The van der Waals surface area contributed by atoms with Crippen LogP contribution in [0.4, 0.5) is 0 Å². The number of rotatable bonds is 5. The highest BCUT2D eigenvalue weighted by molar-refractivity contribution is 5.84. The van der Waals surface area contributed by atoms with Gasteiger partial charge in [0.1, 0.15) is 0 Å². The van der Waals surface area contributed by atoms with E-state index in [4.69, 9.17) is 4.74 Å². The number of amides is 1. The number of ether oxygens (including phenoxy) is 1. The molecule has 0 bridgehead atoms. The fourth-order valence-electron chi connectivity index (χ4n) is 5.22. The van der Waals surface area contributed by atoms with Crippen molar-refractivity contribution in [1.29, 1.82) is 0 Å². The highest BCUT2D eigenvalue weighted by Crippen LogP contribution is 2.39. The van der Waals surface area contributed by atoms with Crippen molar-refractivity contribution in [2.24, 2.45) is 5.41 Å². The van der Waals surface area contributed by atoms with Crippen molar-refractivity contribution in [2.75, 3.05) is 13.2 Å². The highest BCUT2D eigenvalue weighted by atomic mass is 16.5. The summed E-state index contributed by atoms with van der Waals surface area (Å²) in [5.74, 6) is 0.160. The molecule has 31 heavy (non-hydrogen) atoms. The zero-order valence-electron chi connectivity index (χ0n) is 18.8. The third kappa shape index (κ3) is 5.02. The summed E-state index contributed by atoms with van der Waals surface area (Å²) in [6, 6.07) is 15.3. The molecule has 2 aliphatic rings. The Bertz CT molecular complexity index is 908. The van der Waals surface area contributed by atoms with Gasteiger partial charge < -0.3 is 15.2 Å². The van der Waals surface area contributed by atoms with Gasteiger partial charge >= 0.3 is 0 Å². The SMILES string of the molecule is Cc1ccc(-c2ccccc2CC2(C(=O)NC3CCC(O)CC3)CCOCC2)c(C)c1. The summed E-state index contributed by atoms with van der Waals surface area (Å²) in [5, 5.41) is 13.1. The van der Waals surface area contributed by atoms with Crippen LogP contribution in [0.1, 0.15) is 55.2 Å². The molecule has 1 aliphatic carbocycles. The van der Waals surface area contributed by atoms with Gasteiger partial charge in [0, 0.05) is 19.3 Å². The van der Waals surface area contributed by atoms with E-state index in [9.17, 15) is 9.90 Å². The molecular formula is C27H35NO3. The first-order valence-corrected chi connectivity index (χ1v) is 11.7. The van der Waals surface area contributed by atoms with E-state index < -0.39 is 5.41 Å². The van der Waals surface area contributed by atoms with Crippen molar-refractivity contribution in [3.8, 4) is 11.1 Å². The first kappa shape index (κ1) is 22.0. The van der Waals surface area contributed by atoms with Crippen LogP contribution < -0.4 is 5.32 Å². The first-order valence-electron chi connectivity index (χ1n) is 11.7. The van der Waals surface area contributed by atoms with Gasteiger partial charge in [-0.05, 0) is 81.0 Å². The van der Waals surface area contributed by atoms with E-state index in [1.807, 2.05) is 0 Å². The Morgan fingerprint density at radius 3 is 2.45 bits per heavy atom. The van der Waals surface area contributed by atoms with Gasteiger partial charge in [0.15, 0.2) is 0 Å². The van der Waals surface area contributed by atoms with Crippen molar-refractivity contribution in [3.63, 3.8) is 0 Å². The van der Waals surface area contributed by atoms with Gasteiger partial charge in [-0.3, -0.25) is 4.79 Å². The molecule has 4 rings (SSSR count). The lowest BCUT2D eigenvalue weighted by molar-refractivity contribution is -0.137. The molecule has 0 aromatic heterocycles. The van der Waals surface area contributed by atoms with Crippen molar-refractivity contribution in [2.45, 2.75) is 70.9 Å². The lowest BCUT2D eigenvalue weighted by Crippen LogP contribution is -2.50. The molecule has 4 heteroatoms. The number of hydrogen-bond acceptors (Lipinski definition) is 3. The normalized spacial score (nSPS) is 23.3. The van der Waals surface area contributed by atoms with Crippen molar-refractivity contribution in [1.82, 2.24) is 5.32 Å². The molecule has 0 spiro atoms. The molecule has 0 radical (unpaired) electrons. The molecule has 0 atom stereocenters. The van der Waals surface area contributed by atoms with Crippen LogP contribution in [-0.2, 0) is 16.0 Å². The second kappa shape index (κ2) is 9.54. The van der Waals surface area contributed by atoms with Crippen molar-refractivity contribution >= 4 is 5.91 Å². The predicted octanol–water partition coefficient (Wildman–Crippen LogP) is 4.73. The Morgan fingerprint density at radius 2 is 1.74 bits per heavy atom. The number of nitrogens with one attached hydrogen (secondary N) is 1. The molecule has 1 aliphatic heterocycles. The molecule has 1 heterocycles. The predicted molar refractivity (Wildman–Crippen MR) is 124 cm³/mol. The second-order valence-electron chi connectivity index (χ2n) is 9.52. The summed E-state index contributed by atoms with van der Waals surface area (Å²) in [5.41, 5.74) is 5.77. The Labute approximate surface area is 186 Å². The topological polar surface area (TPSA) is 58.6 Å². The van der Waals surface area contributed by atoms with Crippen LogP contribution >= 0.6 is 0 Å². The van der Waals surface area contributed by atoms with Gasteiger partial charge in [-0.2, -0.15) is 0 Å². The monoisotopic (exact) mass is 421 g/mol. The standard InChI is InChI=1S/C27H35NO3/c1-19-7-12-24(20(2)17-19)25-6-4-3-5-21(25)18-27(13-15-31-16-14-27)26(30)28-22-8-10-23(29)11-9-22/h3-7,12,17,22-23,29H,8-11,13-16,18H2,1-2H3,(H,28,30). The summed E-state index contributed by atoms with van der Waals surface area (Å²) in [6.07, 6.45) is 5.27. The lowest BCUT2D eigenvalue weighted by atomic mass is 9.72. The Balaban J connectivity index is 1.61. The number of aliphatic hydroxyl groups is 1. The zero-order valence-corrected chi connectivity index (χ0v) is 18.8. The first-order chi connectivity index (χ1) is 15.0. The lowest BCUT2D eigenvalue weighted by Gasteiger charge is -2.38. The molecule has 2 N–H and O–H groups in total. The third-order valence-corrected chi connectivity index (χ3v) is 7.18. The average Bonchev–Trinajstić information content (AvgIpc) is 2.77. The van der Waals surface area contributed by atoms with Gasteiger partial charge in [0.05, 0.1) is 11.5 Å². The van der Waals surface area contributed by atoms with Gasteiger partial charge in [-0.15, -0.1) is 0 Å². The number of aliphatic hydroxyl groups excluding tert-OH is 1. The van der Waals surface area contributed by atoms with E-state index >= 15 is 0 Å². The summed E-state index contributed by atoms with van der Waals surface area (Å²) in [6.45, 7) is 5.53. The van der Waals surface area contributed by atoms with E-state index in [2.05, 4.69) is 61.6 Å². The number of benzene rings is 2. The molecule has 0 unspecified atom stereocenters. The fourth-order valence-corrected chi connectivity index (χ4v) is 5.22. The van der Waals surface area contributed by atoms with Crippen molar-refractivity contribution < 1.29 is 14.6 Å². The summed E-state index contributed by atoms with van der Waals surface area (Å²) in [7, 11) is 0. The molecule has 1 saturated heterocycles. The Kier molecular flexibility index (Phi) is 6.78. The van der Waals surface area contributed by atoms with Gasteiger partial charge in [0.2, 0.25) is 5.91 Å². The summed E-state index contributed by atoms with van der Waals surface area (Å²) < 4.78 is 5.65. The number of carbonyl (C=O) groups excluding carboxylic acids is 1. The maximum Gasteiger partial charge on any atom is 0.226 e. The molecule has 1 saturated carbocycles. The van der Waals surface area contributed by atoms with E-state index in [-0.39, 0.29) is 18.1 Å². The molecular weight excluding hydrogens is 386 g/mol. The number of hydrogen-bond donors (Lipinski definition) is 2. The minimum Gasteiger partial charge on any atom is -0.393 e. The van der Waals surface area contributed by atoms with Gasteiger partial charge in [0.25, 0.3) is 0 Å². The minimum absolute atomic E-state index is 0.160. The summed E-state index contributed by atoms with van der Waals surface area (Å²) in [4.78, 5) is 13.6. The maximum atomic E-state index is 13.6. The Hall–Kier alpha value is -2.17. The highest BCUT2D eigenvalue weighted by Gasteiger charge is 2.41. The smallest absolute Gasteiger partial charge is 0.226 e. The quantitative estimate of drug-likeness (QED) is 0.734. The zero-order chi connectivity index (χ0) is 21.8. The average molecular weight is 422 g/mol. The number of aryl methyl sites for hydroxylation is 2. The third-order valence-electron chi connectivity index (χ3n) is 7.18. The van der Waals surface area contributed by atoms with Crippen LogP contribution in [0.2, 0.25) is 0 Å². The Morgan fingerprint density at radius 1 is 1.03 bits per heavy atom. The van der Waals surface area contributed by atoms with Crippen LogP contribution in [0.5, 0.6) is 0 Å². The minimum atomic E-state index is -0.441. The number of carbonyl (C=O) groups is 1. The van der Waals surface area contributed by atoms with Crippen LogP contribution in [-0.4, -0.2) is 36.4 Å². The van der Waals surface area contributed by atoms with E-state index in [1.54, 1.807) is 0 Å². The van der Waals surface area contributed by atoms with Crippen LogP contribution in [0.3, 0.4) is 0 Å². The molecule has 166 valence electrons. The molecule has 4 nitrogen and oxygen atoms in total. The van der Waals surface area contributed by atoms with Crippen LogP contribution in [0, 0.1) is 19.3 Å². The largest absolute Gasteiger partial charge is 0.393 e. The summed E-state index contributed by atoms with van der Waals surface area (Å²) >= 11 is 0. The molecule has 2 fully saturated rings. The maximum absolute atomic E-state index is 13.6. The van der Waals surface area contributed by atoms with Crippen LogP contribution in [0.15, 0.2) is 42.5 Å². The molecule has 2 aromatic rings. The molecule has 1 amide bonds. The van der Waals surface area contributed by atoms with Gasteiger partial charge in [-0.1, -0.05) is 48.0 Å². The van der Waals surface area contributed by atoms with Gasteiger partial charge in [-0.25, -0.2) is 0 Å². The molecule has 2 aromatic carbocycles. The second-order valence-corrected chi connectivity index (χ2v) is 9.52. The fraction of sp³-hybridized carbons (Fsp3) is 0.519.